The third-order valence-electron chi connectivity index (χ3n) is 5.53. The fraction of sp³-hybridized carbons (Fsp3) is 0.889. The van der Waals surface area contributed by atoms with Crippen molar-refractivity contribution in [3.8, 4) is 0 Å². The molecule has 7 nitrogen and oxygen atoms in total. The molecule has 3 fully saturated rings. The lowest BCUT2D eigenvalue weighted by atomic mass is 10.0. The van der Waals surface area contributed by atoms with Gasteiger partial charge in [-0.3, -0.25) is 14.4 Å². The summed E-state index contributed by atoms with van der Waals surface area (Å²) in [6.45, 7) is 6.25. The van der Waals surface area contributed by atoms with Gasteiger partial charge in [-0.15, -0.1) is 0 Å². The van der Waals surface area contributed by atoms with Crippen LogP contribution in [-0.4, -0.2) is 64.7 Å². The van der Waals surface area contributed by atoms with E-state index in [1.54, 1.807) is 0 Å². The normalized spacial score (nSPS) is 30.9. The highest BCUT2D eigenvalue weighted by Crippen LogP contribution is 2.32. The number of hydrogen-bond donors (Lipinski definition) is 2. The zero-order chi connectivity index (χ0) is 18.0. The molecule has 1 saturated carbocycles. The summed E-state index contributed by atoms with van der Waals surface area (Å²) in [5.41, 5.74) is 2.52. The SMILES string of the molecule is CC(C)C1CN(C(=O)CCC2CC(O)NO2)CCC(=O)N1CC1CC1. The van der Waals surface area contributed by atoms with Crippen LogP contribution in [0.5, 0.6) is 0 Å². The fourth-order valence-electron chi connectivity index (χ4n) is 3.73. The van der Waals surface area contributed by atoms with Gasteiger partial charge >= 0.3 is 0 Å². The van der Waals surface area contributed by atoms with E-state index in [-0.39, 0.29) is 24.0 Å². The first-order chi connectivity index (χ1) is 11.9. The predicted molar refractivity (Wildman–Crippen MR) is 92.1 cm³/mol. The molecule has 0 aromatic heterocycles. The largest absolute Gasteiger partial charge is 0.376 e. The lowest BCUT2D eigenvalue weighted by Crippen LogP contribution is -2.48. The molecule has 0 spiro atoms. The highest BCUT2D eigenvalue weighted by Gasteiger charge is 2.36. The second-order valence-electron chi connectivity index (χ2n) is 8.04. The molecular weight excluding hydrogens is 322 g/mol. The van der Waals surface area contributed by atoms with Crippen molar-refractivity contribution in [1.82, 2.24) is 15.3 Å². The zero-order valence-corrected chi connectivity index (χ0v) is 15.3. The van der Waals surface area contributed by atoms with E-state index in [0.29, 0.717) is 50.6 Å². The number of hydrogen-bond acceptors (Lipinski definition) is 5. The van der Waals surface area contributed by atoms with E-state index in [1.165, 1.54) is 12.8 Å². The summed E-state index contributed by atoms with van der Waals surface area (Å²) in [7, 11) is 0. The van der Waals surface area contributed by atoms with Crippen molar-refractivity contribution < 1.29 is 19.5 Å². The minimum atomic E-state index is -0.641. The van der Waals surface area contributed by atoms with Gasteiger partial charge in [-0.25, -0.2) is 0 Å². The van der Waals surface area contributed by atoms with Gasteiger partial charge < -0.3 is 14.9 Å². The molecule has 2 N–H and O–H groups in total. The van der Waals surface area contributed by atoms with Crippen LogP contribution >= 0.6 is 0 Å². The summed E-state index contributed by atoms with van der Waals surface area (Å²) in [6.07, 6.45) is 3.58. The fourth-order valence-corrected chi connectivity index (χ4v) is 3.73. The zero-order valence-electron chi connectivity index (χ0n) is 15.3. The average molecular weight is 353 g/mol. The summed E-state index contributed by atoms with van der Waals surface area (Å²) >= 11 is 0. The van der Waals surface area contributed by atoms with E-state index in [9.17, 15) is 14.7 Å². The molecule has 3 aliphatic rings. The Labute approximate surface area is 149 Å². The van der Waals surface area contributed by atoms with Crippen molar-refractivity contribution in [2.75, 3.05) is 19.6 Å². The van der Waals surface area contributed by atoms with Gasteiger partial charge in [0, 0.05) is 38.9 Å². The number of nitrogens with zero attached hydrogens (tertiary/aromatic N) is 2. The first kappa shape index (κ1) is 18.6. The summed E-state index contributed by atoms with van der Waals surface area (Å²) in [4.78, 5) is 34.4. The summed E-state index contributed by atoms with van der Waals surface area (Å²) in [6, 6.07) is 0.103. The maximum Gasteiger partial charge on any atom is 0.224 e. The van der Waals surface area contributed by atoms with Crippen molar-refractivity contribution >= 4 is 11.8 Å². The monoisotopic (exact) mass is 353 g/mol. The van der Waals surface area contributed by atoms with E-state index < -0.39 is 6.23 Å². The smallest absolute Gasteiger partial charge is 0.224 e. The van der Waals surface area contributed by atoms with Gasteiger partial charge in [0.1, 0.15) is 6.23 Å². The van der Waals surface area contributed by atoms with Crippen LogP contribution in [0.25, 0.3) is 0 Å². The van der Waals surface area contributed by atoms with Crippen molar-refractivity contribution in [3.63, 3.8) is 0 Å². The highest BCUT2D eigenvalue weighted by atomic mass is 16.7. The number of carbonyl (C=O) groups is 2. The molecule has 2 saturated heterocycles. The van der Waals surface area contributed by atoms with Crippen LogP contribution in [0.2, 0.25) is 0 Å². The number of rotatable bonds is 6. The van der Waals surface area contributed by atoms with Gasteiger partial charge in [0.25, 0.3) is 0 Å². The minimum absolute atomic E-state index is 0.0803. The van der Waals surface area contributed by atoms with Crippen LogP contribution in [0.1, 0.15) is 52.4 Å². The van der Waals surface area contributed by atoms with Crippen molar-refractivity contribution in [3.05, 3.63) is 0 Å². The van der Waals surface area contributed by atoms with Gasteiger partial charge in [-0.1, -0.05) is 13.8 Å². The standard InChI is InChI=1S/C18H31N3O4/c1-12(2)15-11-20(8-7-18(24)21(15)10-13-3-4-13)17(23)6-5-14-9-16(22)19-25-14/h12-16,19,22H,3-11H2,1-2H3. The van der Waals surface area contributed by atoms with Crippen LogP contribution < -0.4 is 5.48 Å². The molecule has 7 heteroatoms. The third kappa shape index (κ3) is 4.92. The Balaban J connectivity index is 1.57. The Morgan fingerprint density at radius 3 is 2.76 bits per heavy atom. The molecule has 3 atom stereocenters. The molecule has 3 rings (SSSR count). The number of nitrogens with one attached hydrogen (secondary N) is 1. The van der Waals surface area contributed by atoms with Crippen molar-refractivity contribution in [1.29, 1.82) is 0 Å². The summed E-state index contributed by atoms with van der Waals surface area (Å²) < 4.78 is 0. The minimum Gasteiger partial charge on any atom is -0.376 e. The van der Waals surface area contributed by atoms with Crippen molar-refractivity contribution in [2.24, 2.45) is 11.8 Å². The predicted octanol–water partition coefficient (Wildman–Crippen LogP) is 0.874. The van der Waals surface area contributed by atoms with Crippen LogP contribution in [0, 0.1) is 11.8 Å². The molecule has 2 aliphatic heterocycles. The maximum absolute atomic E-state index is 12.7. The van der Waals surface area contributed by atoms with Gasteiger partial charge in [0.2, 0.25) is 11.8 Å². The first-order valence-electron chi connectivity index (χ1n) is 9.60. The number of amides is 2. The summed E-state index contributed by atoms with van der Waals surface area (Å²) in [5.74, 6) is 1.25. The third-order valence-corrected chi connectivity index (χ3v) is 5.53. The van der Waals surface area contributed by atoms with E-state index in [1.807, 2.05) is 9.80 Å². The molecule has 1 aliphatic carbocycles. The molecule has 0 radical (unpaired) electrons. The Kier molecular flexibility index (Phi) is 5.96. The molecule has 2 heterocycles. The molecule has 2 amide bonds. The van der Waals surface area contributed by atoms with Crippen LogP contribution in [0.15, 0.2) is 0 Å². The Hall–Kier alpha value is -1.18. The van der Waals surface area contributed by atoms with Crippen LogP contribution in [0.4, 0.5) is 0 Å². The van der Waals surface area contributed by atoms with Gasteiger partial charge in [-0.05, 0) is 31.1 Å². The lowest BCUT2D eigenvalue weighted by molar-refractivity contribution is -0.134. The molecule has 142 valence electrons. The van der Waals surface area contributed by atoms with E-state index >= 15 is 0 Å². The van der Waals surface area contributed by atoms with Crippen molar-refractivity contribution in [2.45, 2.75) is 70.7 Å². The van der Waals surface area contributed by atoms with Crippen LogP contribution in [0.3, 0.4) is 0 Å². The molecule has 0 bridgehead atoms. The molecule has 3 unspecified atom stereocenters. The second kappa shape index (κ2) is 8.01. The van der Waals surface area contributed by atoms with Crippen LogP contribution in [-0.2, 0) is 14.4 Å². The van der Waals surface area contributed by atoms with Gasteiger partial charge in [0.05, 0.1) is 12.1 Å². The topological polar surface area (TPSA) is 82.1 Å². The quantitative estimate of drug-likeness (QED) is 0.741. The maximum atomic E-state index is 12.7. The first-order valence-corrected chi connectivity index (χ1v) is 9.60. The average Bonchev–Trinajstić information content (AvgIpc) is 3.32. The number of hydroxylamine groups is 1. The second-order valence-corrected chi connectivity index (χ2v) is 8.04. The Morgan fingerprint density at radius 1 is 1.40 bits per heavy atom. The summed E-state index contributed by atoms with van der Waals surface area (Å²) in [5, 5.41) is 9.41. The van der Waals surface area contributed by atoms with E-state index in [0.717, 1.165) is 6.54 Å². The number of aliphatic hydroxyl groups is 1. The molecular formula is C18H31N3O4. The van der Waals surface area contributed by atoms with Gasteiger partial charge in [0.15, 0.2) is 0 Å². The van der Waals surface area contributed by atoms with E-state index in [2.05, 4.69) is 19.3 Å². The number of aliphatic hydroxyl groups excluding tert-OH is 1. The lowest BCUT2D eigenvalue weighted by Gasteiger charge is -2.35. The Bertz CT molecular complexity index is 495. The number of carbonyl (C=O) groups excluding carboxylic acids is 2. The Morgan fingerprint density at radius 2 is 2.16 bits per heavy atom. The molecule has 0 aromatic carbocycles. The molecule has 25 heavy (non-hydrogen) atoms. The molecule has 0 aromatic rings. The van der Waals surface area contributed by atoms with E-state index in [4.69, 9.17) is 4.84 Å². The highest BCUT2D eigenvalue weighted by molar-refractivity contribution is 5.80. The van der Waals surface area contributed by atoms with Gasteiger partial charge in [-0.2, -0.15) is 5.48 Å².